The number of aryl methyl sites for hydroxylation is 1. The molecule has 0 saturated heterocycles. The molecule has 1 aliphatic rings. The molecule has 4 aromatic rings. The number of benzene rings is 1. The van der Waals surface area contributed by atoms with Gasteiger partial charge in [-0.2, -0.15) is 10.5 Å². The third kappa shape index (κ3) is 4.45. The fourth-order valence-corrected chi connectivity index (χ4v) is 7.43. The quantitative estimate of drug-likeness (QED) is 0.250. The van der Waals surface area contributed by atoms with Gasteiger partial charge >= 0.3 is 0 Å². The minimum atomic E-state index is 0.130. The van der Waals surface area contributed by atoms with Crippen LogP contribution in [0.25, 0.3) is 25.6 Å². The highest BCUT2D eigenvalue weighted by atomic mass is 32.1. The zero-order valence-corrected chi connectivity index (χ0v) is 21.4. The predicted octanol–water partition coefficient (Wildman–Crippen LogP) is 8.88. The summed E-state index contributed by atoms with van der Waals surface area (Å²) in [4.78, 5) is 8.35. The molecule has 0 bridgehead atoms. The number of nitrogens with zero attached hydrogens (tertiary/aromatic N) is 3. The number of thiophene rings is 3. The summed E-state index contributed by atoms with van der Waals surface area (Å²) < 4.78 is 0. The van der Waals surface area contributed by atoms with E-state index >= 15 is 0 Å². The Balaban J connectivity index is 1.41. The molecule has 1 aliphatic carbocycles. The number of hydrogen-bond acceptors (Lipinski definition) is 6. The number of rotatable bonds is 6. The average Bonchev–Trinajstić information content (AvgIpc) is 3.61. The fraction of sp³-hybridized carbons (Fsp3) is 0.214. The third-order valence-electron chi connectivity index (χ3n) is 6.29. The molecule has 1 aromatic carbocycles. The minimum absolute atomic E-state index is 0.130. The van der Waals surface area contributed by atoms with Gasteiger partial charge in [0, 0.05) is 36.1 Å². The maximum atomic E-state index is 9.00. The van der Waals surface area contributed by atoms with Gasteiger partial charge in [-0.3, -0.25) is 0 Å². The predicted molar refractivity (Wildman–Crippen MR) is 146 cm³/mol. The lowest BCUT2D eigenvalue weighted by atomic mass is 9.80. The molecule has 1 saturated carbocycles. The first-order chi connectivity index (χ1) is 16.6. The van der Waals surface area contributed by atoms with Crippen molar-refractivity contribution in [1.29, 1.82) is 10.5 Å². The molecule has 6 heteroatoms. The first kappa shape index (κ1) is 22.6. The molecular formula is C28H23N3S3. The summed E-state index contributed by atoms with van der Waals surface area (Å²) in [5.74, 6) is 0.699. The molecule has 168 valence electrons. The summed E-state index contributed by atoms with van der Waals surface area (Å²) in [5, 5.41) is 19.3. The zero-order chi connectivity index (χ0) is 23.7. The second-order valence-electron chi connectivity index (χ2n) is 8.61. The van der Waals surface area contributed by atoms with E-state index in [9.17, 15) is 0 Å². The molecule has 3 heterocycles. The largest absolute Gasteiger partial charge is 0.330 e. The maximum absolute atomic E-state index is 9.00. The van der Waals surface area contributed by atoms with Crippen LogP contribution in [0.4, 0.5) is 10.7 Å². The Labute approximate surface area is 212 Å². The van der Waals surface area contributed by atoms with Gasteiger partial charge in [0.15, 0.2) is 0 Å². The first-order valence-corrected chi connectivity index (χ1v) is 13.7. The molecule has 2 atom stereocenters. The van der Waals surface area contributed by atoms with E-state index in [0.717, 1.165) is 9.75 Å². The smallest absolute Gasteiger partial charge is 0.131 e. The molecule has 0 amide bonds. The highest BCUT2D eigenvalue weighted by Gasteiger charge is 2.34. The highest BCUT2D eigenvalue weighted by Crippen LogP contribution is 2.46. The van der Waals surface area contributed by atoms with Crippen LogP contribution in [0.15, 0.2) is 66.2 Å². The third-order valence-corrected chi connectivity index (χ3v) is 9.89. The molecule has 3 nitrogen and oxygen atoms in total. The second kappa shape index (κ2) is 9.60. The molecule has 0 spiro atoms. The van der Waals surface area contributed by atoms with Crippen LogP contribution in [-0.4, -0.2) is 6.04 Å². The van der Waals surface area contributed by atoms with Gasteiger partial charge in [-0.25, -0.2) is 0 Å². The summed E-state index contributed by atoms with van der Waals surface area (Å²) in [6.07, 6.45) is 4.18. The van der Waals surface area contributed by atoms with Crippen LogP contribution >= 0.6 is 34.0 Å². The minimum Gasteiger partial charge on any atom is -0.330 e. The van der Waals surface area contributed by atoms with Crippen LogP contribution in [0.2, 0.25) is 0 Å². The van der Waals surface area contributed by atoms with Gasteiger partial charge in [-0.05, 0) is 80.3 Å². The van der Waals surface area contributed by atoms with E-state index in [4.69, 9.17) is 10.5 Å². The summed E-state index contributed by atoms with van der Waals surface area (Å²) in [5.41, 5.74) is 2.69. The van der Waals surface area contributed by atoms with Crippen molar-refractivity contribution in [2.45, 2.75) is 32.7 Å². The number of allylic oxidation sites excluding steroid dienone is 1. The summed E-state index contributed by atoms with van der Waals surface area (Å²) in [7, 11) is 0. The first-order valence-electron chi connectivity index (χ1n) is 11.2. The van der Waals surface area contributed by atoms with Crippen molar-refractivity contribution in [2.75, 3.05) is 4.90 Å². The van der Waals surface area contributed by atoms with E-state index < -0.39 is 0 Å². The zero-order valence-electron chi connectivity index (χ0n) is 19.0. The van der Waals surface area contributed by atoms with Gasteiger partial charge in [-0.15, -0.1) is 34.0 Å². The van der Waals surface area contributed by atoms with Gasteiger partial charge in [0.25, 0.3) is 0 Å². The number of nitriles is 2. The van der Waals surface area contributed by atoms with Crippen LogP contribution in [0, 0.1) is 35.5 Å². The lowest BCUT2D eigenvalue weighted by Crippen LogP contribution is -2.43. The van der Waals surface area contributed by atoms with E-state index in [1.165, 1.54) is 43.7 Å². The topological polar surface area (TPSA) is 50.8 Å². The van der Waals surface area contributed by atoms with Crippen LogP contribution in [-0.2, 0) is 0 Å². The summed E-state index contributed by atoms with van der Waals surface area (Å²) in [6, 6.07) is 26.2. The highest BCUT2D eigenvalue weighted by molar-refractivity contribution is 7.27. The van der Waals surface area contributed by atoms with Crippen LogP contribution < -0.4 is 4.90 Å². The molecule has 0 aliphatic heterocycles. The van der Waals surface area contributed by atoms with Crippen molar-refractivity contribution in [3.8, 4) is 31.6 Å². The van der Waals surface area contributed by atoms with Gasteiger partial charge in [0.1, 0.15) is 17.7 Å². The fourth-order valence-electron chi connectivity index (χ4n) is 4.21. The van der Waals surface area contributed by atoms with Gasteiger partial charge < -0.3 is 4.90 Å². The van der Waals surface area contributed by atoms with Crippen molar-refractivity contribution in [1.82, 2.24) is 0 Å². The van der Waals surface area contributed by atoms with E-state index in [0.29, 0.717) is 12.0 Å². The molecule has 0 radical (unpaired) electrons. The number of hydrogen-bond donors (Lipinski definition) is 0. The Bertz CT molecular complexity index is 1410. The van der Waals surface area contributed by atoms with Gasteiger partial charge in [-0.1, -0.05) is 24.6 Å². The van der Waals surface area contributed by atoms with E-state index in [1.807, 2.05) is 29.5 Å². The molecule has 1 unspecified atom stereocenters. The average molecular weight is 498 g/mol. The van der Waals surface area contributed by atoms with Crippen LogP contribution in [0.1, 0.15) is 30.2 Å². The van der Waals surface area contributed by atoms with Crippen molar-refractivity contribution >= 4 is 50.8 Å². The molecule has 1 fully saturated rings. The van der Waals surface area contributed by atoms with Crippen LogP contribution in [0.3, 0.4) is 0 Å². The standard InChI is InChI=1S/C28H23N3S3/c1-18-3-6-21(7-4-18)31(23-9-5-19(23)2)28-14-13-27(34-28)26-12-11-25(33-26)24-10-8-22(32-24)15-20(16-29)17-30/h3-4,6-8,10-15,19,23H,5,9H2,1-2H3/t19?,23-/m1/s1. The Kier molecular flexibility index (Phi) is 6.39. The molecule has 3 aromatic heterocycles. The van der Waals surface area contributed by atoms with E-state index in [2.05, 4.69) is 73.3 Å². The van der Waals surface area contributed by atoms with Crippen molar-refractivity contribution < 1.29 is 0 Å². The van der Waals surface area contributed by atoms with Crippen molar-refractivity contribution in [2.24, 2.45) is 5.92 Å². The Morgan fingerprint density at radius 2 is 1.44 bits per heavy atom. The van der Waals surface area contributed by atoms with Crippen molar-refractivity contribution in [3.05, 3.63) is 76.7 Å². The summed E-state index contributed by atoms with van der Waals surface area (Å²) >= 11 is 5.25. The molecule has 0 N–H and O–H groups in total. The molecule has 34 heavy (non-hydrogen) atoms. The SMILES string of the molecule is Cc1ccc(N(c2ccc(-c3ccc(-c4ccc(C=C(C#N)C#N)s4)s3)s2)[C@@H]2CCC2C)cc1. The van der Waals surface area contributed by atoms with Gasteiger partial charge in [0.2, 0.25) is 0 Å². The van der Waals surface area contributed by atoms with E-state index in [1.54, 1.807) is 28.7 Å². The Hall–Kier alpha value is -3.16. The normalized spacial score (nSPS) is 16.8. The molecule has 5 rings (SSSR count). The maximum Gasteiger partial charge on any atom is 0.131 e. The molecular weight excluding hydrogens is 475 g/mol. The number of anilines is 2. The van der Waals surface area contributed by atoms with E-state index in [-0.39, 0.29) is 5.57 Å². The lowest BCUT2D eigenvalue weighted by molar-refractivity contribution is 0.280. The Morgan fingerprint density at radius 3 is 2.06 bits per heavy atom. The lowest BCUT2D eigenvalue weighted by Gasteiger charge is -2.43. The van der Waals surface area contributed by atoms with Crippen molar-refractivity contribution in [3.63, 3.8) is 0 Å². The Morgan fingerprint density at radius 1 is 0.824 bits per heavy atom. The second-order valence-corrected chi connectivity index (χ2v) is 11.9. The van der Waals surface area contributed by atoms with Gasteiger partial charge in [0.05, 0.1) is 5.00 Å². The van der Waals surface area contributed by atoms with Crippen LogP contribution in [0.5, 0.6) is 0 Å². The summed E-state index contributed by atoms with van der Waals surface area (Å²) in [6.45, 7) is 4.49. The monoisotopic (exact) mass is 497 g/mol.